The van der Waals surface area contributed by atoms with Crippen LogP contribution in [0.3, 0.4) is 0 Å². The first-order chi connectivity index (χ1) is 16.2. The summed E-state index contributed by atoms with van der Waals surface area (Å²) in [4.78, 5) is 15.9. The molecule has 0 N–H and O–H groups in total. The third kappa shape index (κ3) is 5.39. The molecule has 1 aliphatic rings. The van der Waals surface area contributed by atoms with Gasteiger partial charge in [0, 0.05) is 22.9 Å². The van der Waals surface area contributed by atoms with Gasteiger partial charge in [-0.2, -0.15) is 5.26 Å². The van der Waals surface area contributed by atoms with Gasteiger partial charge < -0.3 is 14.4 Å². The van der Waals surface area contributed by atoms with Crippen LogP contribution in [0, 0.1) is 11.3 Å². The standard InChI is InChI=1S/C27H24N2O3S/c1-31-26-18-20(11-12-25(26)32-15-16-33-23-8-3-2-4-9-23)17-22(19-28)27(30)29-14-13-21-7-5-6-10-24(21)29/h2-12,17-18H,13-16H2,1H3/b22-17+. The molecule has 3 aromatic rings. The van der Waals surface area contributed by atoms with E-state index in [9.17, 15) is 10.1 Å². The van der Waals surface area contributed by atoms with Gasteiger partial charge in [-0.05, 0) is 54.0 Å². The van der Waals surface area contributed by atoms with Crippen LogP contribution in [0.5, 0.6) is 11.5 Å². The molecule has 3 aromatic carbocycles. The van der Waals surface area contributed by atoms with Crippen molar-refractivity contribution in [3.63, 3.8) is 0 Å². The summed E-state index contributed by atoms with van der Waals surface area (Å²) in [5.74, 6) is 1.70. The molecule has 166 valence electrons. The summed E-state index contributed by atoms with van der Waals surface area (Å²) in [5, 5.41) is 9.66. The zero-order chi connectivity index (χ0) is 23.0. The fourth-order valence-electron chi connectivity index (χ4n) is 3.72. The smallest absolute Gasteiger partial charge is 0.268 e. The Kier molecular flexibility index (Phi) is 7.33. The Hall–Kier alpha value is -3.69. The van der Waals surface area contributed by atoms with E-state index in [1.807, 2.05) is 54.6 Å². The fourth-order valence-corrected chi connectivity index (χ4v) is 4.48. The van der Waals surface area contributed by atoms with Crippen molar-refractivity contribution < 1.29 is 14.3 Å². The fraction of sp³-hybridized carbons (Fsp3) is 0.185. The Morgan fingerprint density at radius 3 is 2.67 bits per heavy atom. The number of benzene rings is 3. The summed E-state index contributed by atoms with van der Waals surface area (Å²) >= 11 is 1.72. The van der Waals surface area contributed by atoms with Gasteiger partial charge >= 0.3 is 0 Å². The molecule has 1 heterocycles. The van der Waals surface area contributed by atoms with Crippen molar-refractivity contribution in [2.45, 2.75) is 11.3 Å². The minimum absolute atomic E-state index is 0.0849. The highest BCUT2D eigenvalue weighted by molar-refractivity contribution is 7.99. The Bertz CT molecular complexity index is 1200. The zero-order valence-electron chi connectivity index (χ0n) is 18.4. The number of nitrogens with zero attached hydrogens (tertiary/aromatic N) is 2. The summed E-state index contributed by atoms with van der Waals surface area (Å²) < 4.78 is 11.4. The van der Waals surface area contributed by atoms with E-state index < -0.39 is 0 Å². The molecule has 0 aromatic heterocycles. The molecule has 0 atom stereocenters. The number of amides is 1. The van der Waals surface area contributed by atoms with Crippen molar-refractivity contribution in [1.82, 2.24) is 0 Å². The molecule has 4 rings (SSSR count). The van der Waals surface area contributed by atoms with Gasteiger partial charge in [0.05, 0.1) is 13.7 Å². The first-order valence-corrected chi connectivity index (χ1v) is 11.7. The largest absolute Gasteiger partial charge is 0.493 e. The van der Waals surface area contributed by atoms with Crippen molar-refractivity contribution in [1.29, 1.82) is 5.26 Å². The Labute approximate surface area is 198 Å². The predicted molar refractivity (Wildman–Crippen MR) is 132 cm³/mol. The third-order valence-corrected chi connectivity index (χ3v) is 6.31. The number of carbonyl (C=O) groups is 1. The van der Waals surface area contributed by atoms with Gasteiger partial charge in [0.25, 0.3) is 5.91 Å². The van der Waals surface area contributed by atoms with E-state index in [0.29, 0.717) is 30.2 Å². The van der Waals surface area contributed by atoms with E-state index in [0.717, 1.165) is 23.4 Å². The molecule has 1 amide bonds. The van der Waals surface area contributed by atoms with Crippen LogP contribution in [-0.2, 0) is 11.2 Å². The number of hydrogen-bond acceptors (Lipinski definition) is 5. The van der Waals surface area contributed by atoms with E-state index in [1.165, 1.54) is 4.90 Å². The number of ether oxygens (including phenoxy) is 2. The second-order valence-corrected chi connectivity index (χ2v) is 8.59. The minimum Gasteiger partial charge on any atom is -0.493 e. The molecule has 1 aliphatic heterocycles. The second-order valence-electron chi connectivity index (χ2n) is 7.43. The number of rotatable bonds is 8. The number of carbonyl (C=O) groups excluding carboxylic acids is 1. The van der Waals surface area contributed by atoms with Crippen molar-refractivity contribution in [3.05, 3.63) is 89.5 Å². The van der Waals surface area contributed by atoms with E-state index in [2.05, 4.69) is 18.2 Å². The summed E-state index contributed by atoms with van der Waals surface area (Å²) in [6, 6.07) is 25.4. The molecule has 6 heteroatoms. The van der Waals surface area contributed by atoms with Crippen LogP contribution in [0.25, 0.3) is 6.08 Å². The normalized spacial score (nSPS) is 12.7. The molecule has 0 saturated carbocycles. The van der Waals surface area contributed by atoms with Crippen molar-refractivity contribution in [2.24, 2.45) is 0 Å². The van der Waals surface area contributed by atoms with Crippen LogP contribution in [0.15, 0.2) is 83.3 Å². The second kappa shape index (κ2) is 10.8. The molecule has 0 radical (unpaired) electrons. The zero-order valence-corrected chi connectivity index (χ0v) is 19.2. The molecule has 0 aliphatic carbocycles. The Morgan fingerprint density at radius 2 is 1.88 bits per heavy atom. The first kappa shape index (κ1) is 22.5. The van der Waals surface area contributed by atoms with Gasteiger partial charge in [-0.3, -0.25) is 4.79 Å². The van der Waals surface area contributed by atoms with Crippen molar-refractivity contribution >= 4 is 29.4 Å². The number of para-hydroxylation sites is 1. The average molecular weight is 457 g/mol. The summed E-state index contributed by atoms with van der Waals surface area (Å²) in [5.41, 5.74) is 2.78. The third-order valence-electron chi connectivity index (χ3n) is 5.33. The number of fused-ring (bicyclic) bond motifs is 1. The predicted octanol–water partition coefficient (Wildman–Crippen LogP) is 5.36. The lowest BCUT2D eigenvalue weighted by Gasteiger charge is -2.16. The molecule has 5 nitrogen and oxygen atoms in total. The number of hydrogen-bond donors (Lipinski definition) is 0. The lowest BCUT2D eigenvalue weighted by atomic mass is 10.1. The maximum absolute atomic E-state index is 13.0. The molecule has 0 saturated heterocycles. The number of nitriles is 1. The van der Waals surface area contributed by atoms with E-state index in [-0.39, 0.29) is 11.5 Å². The maximum Gasteiger partial charge on any atom is 0.268 e. The number of thioether (sulfide) groups is 1. The van der Waals surface area contributed by atoms with Gasteiger partial charge in [-0.25, -0.2) is 0 Å². The SMILES string of the molecule is COc1cc(/C=C(\C#N)C(=O)N2CCc3ccccc32)ccc1OCCSc1ccccc1. The topological polar surface area (TPSA) is 62.6 Å². The van der Waals surface area contributed by atoms with Crippen LogP contribution in [0.4, 0.5) is 5.69 Å². The summed E-state index contributed by atoms with van der Waals surface area (Å²) in [6.45, 7) is 1.11. The first-order valence-electron chi connectivity index (χ1n) is 10.7. The minimum atomic E-state index is -0.292. The van der Waals surface area contributed by atoms with Gasteiger partial charge in [-0.15, -0.1) is 11.8 Å². The highest BCUT2D eigenvalue weighted by Gasteiger charge is 2.26. The van der Waals surface area contributed by atoms with Crippen LogP contribution in [0.1, 0.15) is 11.1 Å². The van der Waals surface area contributed by atoms with E-state index in [1.54, 1.807) is 35.9 Å². The van der Waals surface area contributed by atoms with Gasteiger partial charge in [0.1, 0.15) is 11.6 Å². The molecule has 0 fully saturated rings. The average Bonchev–Trinajstić information content (AvgIpc) is 3.30. The molecular formula is C27H24N2O3S. The van der Waals surface area contributed by atoms with Crippen LogP contribution in [0.2, 0.25) is 0 Å². The number of anilines is 1. The van der Waals surface area contributed by atoms with Gasteiger partial charge in [0.2, 0.25) is 0 Å². The Morgan fingerprint density at radius 1 is 1.09 bits per heavy atom. The number of methoxy groups -OCH3 is 1. The van der Waals surface area contributed by atoms with Crippen LogP contribution >= 0.6 is 11.8 Å². The van der Waals surface area contributed by atoms with E-state index in [4.69, 9.17) is 9.47 Å². The van der Waals surface area contributed by atoms with E-state index >= 15 is 0 Å². The Balaban J connectivity index is 1.43. The lowest BCUT2D eigenvalue weighted by molar-refractivity contribution is -0.114. The molecule has 0 unspecified atom stereocenters. The molecule has 0 spiro atoms. The monoisotopic (exact) mass is 456 g/mol. The molecular weight excluding hydrogens is 432 g/mol. The van der Waals surface area contributed by atoms with Gasteiger partial charge in [0.15, 0.2) is 11.5 Å². The molecule has 33 heavy (non-hydrogen) atoms. The molecule has 0 bridgehead atoms. The van der Waals surface area contributed by atoms with Crippen LogP contribution < -0.4 is 14.4 Å². The van der Waals surface area contributed by atoms with Crippen molar-refractivity contribution in [2.75, 3.05) is 30.9 Å². The lowest BCUT2D eigenvalue weighted by Crippen LogP contribution is -2.29. The highest BCUT2D eigenvalue weighted by Crippen LogP contribution is 2.31. The van der Waals surface area contributed by atoms with Crippen LogP contribution in [-0.4, -0.2) is 31.9 Å². The summed E-state index contributed by atoms with van der Waals surface area (Å²) in [6.07, 6.45) is 2.39. The quantitative estimate of drug-likeness (QED) is 0.198. The van der Waals surface area contributed by atoms with Crippen molar-refractivity contribution in [3.8, 4) is 17.6 Å². The highest BCUT2D eigenvalue weighted by atomic mass is 32.2. The maximum atomic E-state index is 13.0. The van der Waals surface area contributed by atoms with Gasteiger partial charge in [-0.1, -0.05) is 42.5 Å². The summed E-state index contributed by atoms with van der Waals surface area (Å²) in [7, 11) is 1.58.